The van der Waals surface area contributed by atoms with Crippen LogP contribution in [0, 0.1) is 0 Å². The van der Waals surface area contributed by atoms with Crippen LogP contribution in [-0.4, -0.2) is 78.8 Å². The lowest BCUT2D eigenvalue weighted by Gasteiger charge is -2.34. The van der Waals surface area contributed by atoms with E-state index in [0.29, 0.717) is 0 Å². The van der Waals surface area contributed by atoms with Crippen LogP contribution in [0.5, 0.6) is 28.7 Å². The number of carbonyl (C=O) groups is 1. The Morgan fingerprint density at radius 1 is 0.935 bits per heavy atom. The number of benzene rings is 2. The van der Waals surface area contributed by atoms with Gasteiger partial charge in [0.15, 0.2) is 30.0 Å². The van der Waals surface area contributed by atoms with E-state index in [-0.39, 0.29) is 22.6 Å². The number of phenolic OH excluding ortho intramolecular Hbond substituents is 4. The summed E-state index contributed by atoms with van der Waals surface area (Å²) in [6.45, 7) is -0.606. The maximum absolute atomic E-state index is 13.2. The number of carbonyl (C=O) groups excluding carboxylic acids is 1. The fourth-order valence-electron chi connectivity index (χ4n) is 3.62. The summed E-state index contributed by atoms with van der Waals surface area (Å²) < 4.78 is 16.7. The fraction of sp³-hybridized carbons (Fsp3) is 0.350. The highest BCUT2D eigenvalue weighted by molar-refractivity contribution is 6.05. The summed E-state index contributed by atoms with van der Waals surface area (Å²) in [6.07, 6.45) is -8.51. The van der Waals surface area contributed by atoms with E-state index in [1.165, 1.54) is 6.07 Å². The van der Waals surface area contributed by atoms with Gasteiger partial charge in [0.25, 0.3) is 0 Å². The Labute approximate surface area is 174 Å². The molecule has 1 saturated heterocycles. The van der Waals surface area contributed by atoms with Gasteiger partial charge in [-0.3, -0.25) is 4.79 Å². The summed E-state index contributed by atoms with van der Waals surface area (Å²) in [5, 5.41) is 68.7. The number of aromatic hydroxyl groups is 4. The van der Waals surface area contributed by atoms with Crippen LogP contribution in [0.1, 0.15) is 22.0 Å². The van der Waals surface area contributed by atoms with Crippen molar-refractivity contribution < 1.29 is 54.8 Å². The van der Waals surface area contributed by atoms with Gasteiger partial charge >= 0.3 is 0 Å². The van der Waals surface area contributed by atoms with E-state index in [0.717, 1.165) is 24.3 Å². The molecule has 2 aromatic carbocycles. The number of hydrogen-bond donors (Lipinski definition) is 7. The van der Waals surface area contributed by atoms with E-state index in [1.54, 1.807) is 0 Å². The molecule has 31 heavy (non-hydrogen) atoms. The molecule has 0 aliphatic carbocycles. The smallest absolute Gasteiger partial charge is 0.203 e. The second kappa shape index (κ2) is 7.87. The summed E-state index contributed by atoms with van der Waals surface area (Å²) >= 11 is 0. The third-order valence-corrected chi connectivity index (χ3v) is 5.21. The molecule has 11 nitrogen and oxygen atoms in total. The van der Waals surface area contributed by atoms with Gasteiger partial charge in [0.1, 0.15) is 41.1 Å². The van der Waals surface area contributed by atoms with Crippen molar-refractivity contribution >= 4 is 5.78 Å². The third-order valence-electron chi connectivity index (χ3n) is 5.21. The van der Waals surface area contributed by atoms with E-state index in [2.05, 4.69) is 0 Å². The first-order valence-corrected chi connectivity index (χ1v) is 9.28. The topological polar surface area (TPSA) is 186 Å². The lowest BCUT2D eigenvalue weighted by atomic mass is 9.92. The zero-order valence-electron chi connectivity index (χ0n) is 15.8. The molecule has 166 valence electrons. The van der Waals surface area contributed by atoms with Crippen LogP contribution in [0.15, 0.2) is 30.3 Å². The number of aliphatic hydroxyl groups is 3. The molecule has 2 heterocycles. The second-order valence-electron chi connectivity index (χ2n) is 7.25. The van der Waals surface area contributed by atoms with Crippen molar-refractivity contribution in [2.45, 2.75) is 36.8 Å². The van der Waals surface area contributed by atoms with Gasteiger partial charge in [-0.2, -0.15) is 0 Å². The molecule has 11 heteroatoms. The zero-order valence-corrected chi connectivity index (χ0v) is 15.8. The molecule has 0 spiro atoms. The van der Waals surface area contributed by atoms with Gasteiger partial charge < -0.3 is 50.0 Å². The summed E-state index contributed by atoms with van der Waals surface area (Å²) in [5.41, 5.74) is -0.0948. The molecule has 4 rings (SSSR count). The van der Waals surface area contributed by atoms with Crippen LogP contribution in [0.4, 0.5) is 0 Å². The summed E-state index contributed by atoms with van der Waals surface area (Å²) in [5.74, 6) is -2.77. The Hall–Kier alpha value is -3.09. The van der Waals surface area contributed by atoms with E-state index < -0.39 is 66.4 Å². The highest BCUT2D eigenvalue weighted by Gasteiger charge is 2.49. The summed E-state index contributed by atoms with van der Waals surface area (Å²) in [6, 6.07) is 5.71. The molecular weight excluding hydrogens is 416 g/mol. The Morgan fingerprint density at radius 3 is 2.32 bits per heavy atom. The van der Waals surface area contributed by atoms with Gasteiger partial charge in [-0.1, -0.05) is 6.07 Å². The van der Waals surface area contributed by atoms with Crippen LogP contribution in [0.2, 0.25) is 0 Å². The number of ether oxygens (including phenoxy) is 3. The molecule has 2 aliphatic heterocycles. The van der Waals surface area contributed by atoms with E-state index >= 15 is 0 Å². The van der Waals surface area contributed by atoms with Crippen molar-refractivity contribution in [3.05, 3.63) is 41.5 Å². The van der Waals surface area contributed by atoms with E-state index in [9.17, 15) is 40.5 Å². The largest absolute Gasteiger partial charge is 0.508 e. The van der Waals surface area contributed by atoms with Crippen molar-refractivity contribution in [3.8, 4) is 28.7 Å². The van der Waals surface area contributed by atoms with Crippen molar-refractivity contribution in [1.29, 1.82) is 0 Å². The highest BCUT2D eigenvalue weighted by Crippen LogP contribution is 2.44. The molecule has 0 aromatic heterocycles. The van der Waals surface area contributed by atoms with Crippen LogP contribution < -0.4 is 4.74 Å². The Kier molecular flexibility index (Phi) is 5.37. The maximum Gasteiger partial charge on any atom is 0.203 e. The normalized spacial score (nSPS) is 30.1. The average Bonchev–Trinajstić information content (AvgIpc) is 2.99. The third kappa shape index (κ3) is 3.62. The van der Waals surface area contributed by atoms with Gasteiger partial charge in [0.05, 0.1) is 6.61 Å². The van der Waals surface area contributed by atoms with Gasteiger partial charge in [0, 0.05) is 12.1 Å². The van der Waals surface area contributed by atoms with E-state index in [1.807, 2.05) is 0 Å². The average molecular weight is 436 g/mol. The molecule has 1 fully saturated rings. The van der Waals surface area contributed by atoms with Gasteiger partial charge in [-0.05, 0) is 17.7 Å². The minimum absolute atomic E-state index is 0.152. The molecule has 0 saturated carbocycles. The number of Topliss-reactive ketones (excluding diaryl/α,β-unsaturated/α-hetero) is 1. The summed E-state index contributed by atoms with van der Waals surface area (Å²) in [7, 11) is 0. The molecule has 0 radical (unpaired) electrons. The van der Waals surface area contributed by atoms with Crippen molar-refractivity contribution in [1.82, 2.24) is 0 Å². The standard InChI is InChI=1S/C20H20O11/c21-6-13-15(26)17(28)20(30-13)31-19-16(27)14-11(25)4-8(22)5-12(14)29-18(19)7-1-2-9(23)10(24)3-7/h1-5,13,15,17-26,28H,6H2/t13-,15-,17+,18-,19+,20+/m0/s1. The van der Waals surface area contributed by atoms with Gasteiger partial charge in [-0.25, -0.2) is 0 Å². The van der Waals surface area contributed by atoms with Gasteiger partial charge in [-0.15, -0.1) is 0 Å². The predicted molar refractivity (Wildman–Crippen MR) is 99.9 cm³/mol. The minimum Gasteiger partial charge on any atom is -0.508 e. The lowest BCUT2D eigenvalue weighted by molar-refractivity contribution is -0.199. The minimum atomic E-state index is -1.59. The Balaban J connectivity index is 1.75. The number of rotatable bonds is 4. The first kappa shape index (κ1) is 21.2. The number of hydrogen-bond acceptors (Lipinski definition) is 11. The first-order chi connectivity index (χ1) is 14.7. The number of phenols is 4. The molecule has 0 bridgehead atoms. The van der Waals surface area contributed by atoms with Crippen molar-refractivity contribution in [2.75, 3.05) is 6.61 Å². The molecule has 0 amide bonds. The zero-order chi connectivity index (χ0) is 22.4. The van der Waals surface area contributed by atoms with Crippen molar-refractivity contribution in [3.63, 3.8) is 0 Å². The van der Waals surface area contributed by atoms with Crippen LogP contribution >= 0.6 is 0 Å². The lowest BCUT2D eigenvalue weighted by Crippen LogP contribution is -2.44. The van der Waals surface area contributed by atoms with Crippen LogP contribution in [0.3, 0.4) is 0 Å². The predicted octanol–water partition coefficient (Wildman–Crippen LogP) is -0.350. The van der Waals surface area contributed by atoms with Crippen molar-refractivity contribution in [2.24, 2.45) is 0 Å². The molecule has 2 aliphatic rings. The maximum atomic E-state index is 13.2. The molecule has 7 N–H and O–H groups in total. The number of ketones is 1. The number of fused-ring (bicyclic) bond motifs is 1. The Morgan fingerprint density at radius 2 is 1.68 bits per heavy atom. The van der Waals surface area contributed by atoms with E-state index in [4.69, 9.17) is 14.2 Å². The monoisotopic (exact) mass is 436 g/mol. The first-order valence-electron chi connectivity index (χ1n) is 9.28. The molecule has 0 unspecified atom stereocenters. The second-order valence-corrected chi connectivity index (χ2v) is 7.25. The molecule has 2 aromatic rings. The highest BCUT2D eigenvalue weighted by atomic mass is 16.7. The SMILES string of the molecule is O=C1c2c(O)cc(O)cc2O[C@@H](c2ccc(O)c(O)c2)[C@@H]1O[C@H]1O[C@@H](CO)[C@H](O)[C@H]1O. The summed E-state index contributed by atoms with van der Waals surface area (Å²) in [4.78, 5) is 13.2. The van der Waals surface area contributed by atoms with Crippen LogP contribution in [-0.2, 0) is 9.47 Å². The fourth-order valence-corrected chi connectivity index (χ4v) is 3.62. The molecule has 6 atom stereocenters. The van der Waals surface area contributed by atoms with Gasteiger partial charge in [0.2, 0.25) is 5.78 Å². The van der Waals surface area contributed by atoms with Crippen LogP contribution in [0.25, 0.3) is 0 Å². The number of aliphatic hydroxyl groups excluding tert-OH is 3. The Bertz CT molecular complexity index is 1010. The molecular formula is C20H20O11. The quantitative estimate of drug-likeness (QED) is 0.311.